The van der Waals surface area contributed by atoms with Gasteiger partial charge in [-0.2, -0.15) is 0 Å². The van der Waals surface area contributed by atoms with Gasteiger partial charge in [0.05, 0.1) is 0 Å². The highest BCUT2D eigenvalue weighted by molar-refractivity contribution is 6.03. The molecule has 7 heteroatoms. The van der Waals surface area contributed by atoms with Crippen molar-refractivity contribution in [2.24, 2.45) is 7.05 Å². The molecule has 0 aliphatic rings. The highest BCUT2D eigenvalue weighted by Gasteiger charge is 2.13. The van der Waals surface area contributed by atoms with Crippen LogP contribution in [0.2, 0.25) is 0 Å². The Balaban J connectivity index is 1.73. The van der Waals surface area contributed by atoms with Gasteiger partial charge in [-0.15, -0.1) is 0 Å². The number of pyridine rings is 1. The minimum atomic E-state index is -0.643. The molecule has 1 amide bonds. The van der Waals surface area contributed by atoms with E-state index in [0.717, 1.165) is 28.3 Å². The Morgan fingerprint density at radius 2 is 1.72 bits per heavy atom. The molecular formula is C18H16N4O3. The number of nitrogens with one attached hydrogen (secondary N) is 2. The summed E-state index contributed by atoms with van der Waals surface area (Å²) in [5.41, 5.74) is 1.46. The second kappa shape index (κ2) is 6.96. The molecular weight excluding hydrogens is 320 g/mol. The fourth-order valence-electron chi connectivity index (χ4n) is 2.37. The summed E-state index contributed by atoms with van der Waals surface area (Å²) < 4.78 is 0.854. The second-order valence-electron chi connectivity index (χ2n) is 5.55. The van der Waals surface area contributed by atoms with E-state index >= 15 is 0 Å². The van der Waals surface area contributed by atoms with E-state index in [1.54, 1.807) is 24.5 Å². The monoisotopic (exact) mass is 336 g/mol. The third kappa shape index (κ3) is 3.72. The number of anilines is 1. The van der Waals surface area contributed by atoms with E-state index in [0.29, 0.717) is 5.69 Å². The average Bonchev–Trinajstić information content (AvgIpc) is 2.62. The summed E-state index contributed by atoms with van der Waals surface area (Å²) >= 11 is 0. The molecule has 0 bridgehead atoms. The van der Waals surface area contributed by atoms with Gasteiger partial charge >= 0.3 is 5.69 Å². The number of carbonyl (C=O) groups is 1. The molecule has 0 unspecified atom stereocenters. The molecule has 0 aliphatic carbocycles. The number of hydrogen-bond acceptors (Lipinski definition) is 4. The van der Waals surface area contributed by atoms with Crippen LogP contribution < -0.4 is 16.6 Å². The van der Waals surface area contributed by atoms with E-state index in [2.05, 4.69) is 15.3 Å². The van der Waals surface area contributed by atoms with Crippen molar-refractivity contribution in [2.75, 3.05) is 5.32 Å². The summed E-state index contributed by atoms with van der Waals surface area (Å²) in [6, 6.07) is 11.2. The lowest BCUT2D eigenvalue weighted by Crippen LogP contribution is -2.37. The van der Waals surface area contributed by atoms with Gasteiger partial charge in [-0.05, 0) is 41.8 Å². The number of H-pyrrole nitrogens is 1. The summed E-state index contributed by atoms with van der Waals surface area (Å²) in [6.07, 6.45) is 5.37. The van der Waals surface area contributed by atoms with Crippen molar-refractivity contribution in [2.45, 2.75) is 6.42 Å². The van der Waals surface area contributed by atoms with E-state index < -0.39 is 17.2 Å². The van der Waals surface area contributed by atoms with Crippen molar-refractivity contribution < 1.29 is 4.79 Å². The van der Waals surface area contributed by atoms with Crippen LogP contribution in [-0.4, -0.2) is 20.4 Å². The SMILES string of the molecule is Cn1c(=O)[nH]cc(C(=O)Nc2ccc(Cc3ccncc3)cc2)c1=O. The van der Waals surface area contributed by atoms with E-state index in [4.69, 9.17) is 0 Å². The van der Waals surface area contributed by atoms with E-state index in [1.807, 2.05) is 24.3 Å². The van der Waals surface area contributed by atoms with Crippen LogP contribution >= 0.6 is 0 Å². The molecule has 0 fully saturated rings. The molecule has 25 heavy (non-hydrogen) atoms. The molecule has 0 radical (unpaired) electrons. The van der Waals surface area contributed by atoms with Gasteiger partial charge in [-0.3, -0.25) is 19.1 Å². The smallest absolute Gasteiger partial charge is 0.322 e. The van der Waals surface area contributed by atoms with Gasteiger partial charge < -0.3 is 10.3 Å². The number of nitrogens with zero attached hydrogens (tertiary/aromatic N) is 2. The zero-order valence-corrected chi connectivity index (χ0v) is 13.5. The fraction of sp³-hybridized carbons (Fsp3) is 0.111. The largest absolute Gasteiger partial charge is 0.328 e. The number of amides is 1. The number of aromatic amines is 1. The van der Waals surface area contributed by atoms with Gasteiger partial charge in [0.25, 0.3) is 11.5 Å². The summed E-state index contributed by atoms with van der Waals surface area (Å²) in [7, 11) is 1.31. The van der Waals surface area contributed by atoms with E-state index in [1.165, 1.54) is 7.05 Å². The van der Waals surface area contributed by atoms with Crippen molar-refractivity contribution >= 4 is 11.6 Å². The molecule has 126 valence electrons. The number of benzene rings is 1. The third-order valence-corrected chi connectivity index (χ3v) is 3.79. The summed E-state index contributed by atoms with van der Waals surface area (Å²) in [4.78, 5) is 41.8. The normalized spacial score (nSPS) is 10.4. The van der Waals surface area contributed by atoms with Crippen LogP contribution in [0.4, 0.5) is 5.69 Å². The molecule has 2 heterocycles. The van der Waals surface area contributed by atoms with Crippen molar-refractivity contribution in [1.29, 1.82) is 0 Å². The van der Waals surface area contributed by atoms with Crippen molar-refractivity contribution in [1.82, 2.24) is 14.5 Å². The predicted octanol–water partition coefficient (Wildman–Crippen LogP) is 1.31. The van der Waals surface area contributed by atoms with Gasteiger partial charge in [0, 0.05) is 31.3 Å². The van der Waals surface area contributed by atoms with Gasteiger partial charge in [0.1, 0.15) is 5.56 Å². The number of rotatable bonds is 4. The summed E-state index contributed by atoms with van der Waals surface area (Å²) in [6.45, 7) is 0. The molecule has 0 aliphatic heterocycles. The van der Waals surface area contributed by atoms with Crippen molar-refractivity contribution in [3.05, 3.63) is 92.5 Å². The highest BCUT2D eigenvalue weighted by atomic mass is 16.2. The number of hydrogen-bond donors (Lipinski definition) is 2. The Bertz CT molecular complexity index is 1000. The Morgan fingerprint density at radius 3 is 2.40 bits per heavy atom. The molecule has 0 atom stereocenters. The number of aromatic nitrogens is 3. The van der Waals surface area contributed by atoms with Crippen LogP contribution in [0.1, 0.15) is 21.5 Å². The molecule has 2 aromatic heterocycles. The lowest BCUT2D eigenvalue weighted by Gasteiger charge is -2.07. The first kappa shape index (κ1) is 16.4. The maximum Gasteiger partial charge on any atom is 0.328 e. The van der Waals surface area contributed by atoms with E-state index in [9.17, 15) is 14.4 Å². The van der Waals surface area contributed by atoms with Gasteiger partial charge in [-0.1, -0.05) is 12.1 Å². The maximum absolute atomic E-state index is 12.2. The van der Waals surface area contributed by atoms with E-state index in [-0.39, 0.29) is 5.56 Å². The summed E-state index contributed by atoms with van der Waals surface area (Å²) in [5.74, 6) is -0.571. The Labute approximate surface area is 143 Å². The standard InChI is InChI=1S/C18H16N4O3/c1-22-17(24)15(11-20-18(22)25)16(23)21-14-4-2-12(3-5-14)10-13-6-8-19-9-7-13/h2-9,11H,10H2,1H3,(H,20,25)(H,21,23). The Morgan fingerprint density at radius 1 is 1.08 bits per heavy atom. The Hall–Kier alpha value is -3.48. The number of carbonyl (C=O) groups excluding carboxylic acids is 1. The molecule has 1 aromatic carbocycles. The molecule has 7 nitrogen and oxygen atoms in total. The van der Waals surface area contributed by atoms with Crippen LogP contribution in [0, 0.1) is 0 Å². The lowest BCUT2D eigenvalue weighted by molar-refractivity contribution is 0.102. The molecule has 0 spiro atoms. The zero-order chi connectivity index (χ0) is 17.8. The third-order valence-electron chi connectivity index (χ3n) is 3.79. The lowest BCUT2D eigenvalue weighted by atomic mass is 10.1. The van der Waals surface area contributed by atoms with Crippen molar-refractivity contribution in [3.63, 3.8) is 0 Å². The van der Waals surface area contributed by atoms with Crippen LogP contribution in [0.15, 0.2) is 64.6 Å². The second-order valence-corrected chi connectivity index (χ2v) is 5.55. The molecule has 0 saturated carbocycles. The Kier molecular flexibility index (Phi) is 4.56. The highest BCUT2D eigenvalue weighted by Crippen LogP contribution is 2.13. The summed E-state index contributed by atoms with van der Waals surface area (Å²) in [5, 5.41) is 2.65. The van der Waals surface area contributed by atoms with Crippen molar-refractivity contribution in [3.8, 4) is 0 Å². The van der Waals surface area contributed by atoms with Crippen LogP contribution in [0.5, 0.6) is 0 Å². The topological polar surface area (TPSA) is 96.8 Å². The molecule has 2 N–H and O–H groups in total. The minimum absolute atomic E-state index is 0.122. The van der Waals surface area contributed by atoms with Crippen LogP contribution in [0.3, 0.4) is 0 Å². The maximum atomic E-state index is 12.2. The first-order valence-electron chi connectivity index (χ1n) is 7.62. The fourth-order valence-corrected chi connectivity index (χ4v) is 2.37. The first-order chi connectivity index (χ1) is 12.0. The average molecular weight is 336 g/mol. The molecule has 3 aromatic rings. The molecule has 0 saturated heterocycles. The van der Waals surface area contributed by atoms with Gasteiger partial charge in [-0.25, -0.2) is 4.79 Å². The van der Waals surface area contributed by atoms with Crippen LogP contribution in [0.25, 0.3) is 0 Å². The van der Waals surface area contributed by atoms with Gasteiger partial charge in [0.2, 0.25) is 0 Å². The zero-order valence-electron chi connectivity index (χ0n) is 13.5. The van der Waals surface area contributed by atoms with Crippen LogP contribution in [-0.2, 0) is 13.5 Å². The minimum Gasteiger partial charge on any atom is -0.322 e. The first-order valence-corrected chi connectivity index (χ1v) is 7.62. The predicted molar refractivity (Wildman–Crippen MR) is 93.7 cm³/mol. The van der Waals surface area contributed by atoms with Gasteiger partial charge in [0.15, 0.2) is 0 Å². The quantitative estimate of drug-likeness (QED) is 0.751. The molecule has 3 rings (SSSR count).